The van der Waals surface area contributed by atoms with E-state index >= 15 is 0 Å². The molecule has 1 saturated carbocycles. The molecule has 0 unspecified atom stereocenters. The Bertz CT molecular complexity index is 895. The fourth-order valence-electron chi connectivity index (χ4n) is 4.01. The number of ether oxygens (including phenoxy) is 3. The summed E-state index contributed by atoms with van der Waals surface area (Å²) in [6.07, 6.45) is 5.99. The SMILES string of the molecule is COc1cc(N2CC[C@@H](Oc3ccc([C@H](C)CC(C)=O)cc3)C2)cnc1OCC1CC1. The van der Waals surface area contributed by atoms with Gasteiger partial charge in [0.15, 0.2) is 5.75 Å². The number of pyridine rings is 1. The van der Waals surface area contributed by atoms with Crippen LogP contribution in [-0.4, -0.2) is 43.7 Å². The Morgan fingerprint density at radius 1 is 1.23 bits per heavy atom. The van der Waals surface area contributed by atoms with E-state index in [9.17, 15) is 4.79 Å². The zero-order valence-electron chi connectivity index (χ0n) is 18.7. The number of nitrogens with zero attached hydrogens (tertiary/aromatic N) is 2. The largest absolute Gasteiger partial charge is 0.491 e. The van der Waals surface area contributed by atoms with Crippen LogP contribution in [0.3, 0.4) is 0 Å². The van der Waals surface area contributed by atoms with Crippen molar-refractivity contribution in [2.75, 3.05) is 31.7 Å². The normalized spacial score (nSPS) is 19.2. The second-order valence-electron chi connectivity index (χ2n) is 8.81. The van der Waals surface area contributed by atoms with E-state index < -0.39 is 0 Å². The summed E-state index contributed by atoms with van der Waals surface area (Å²) < 4.78 is 17.5. The molecule has 2 aromatic rings. The van der Waals surface area contributed by atoms with Crippen LogP contribution in [-0.2, 0) is 4.79 Å². The van der Waals surface area contributed by atoms with E-state index in [2.05, 4.69) is 28.9 Å². The van der Waals surface area contributed by atoms with Crippen molar-refractivity contribution in [3.05, 3.63) is 42.1 Å². The highest BCUT2D eigenvalue weighted by atomic mass is 16.5. The topological polar surface area (TPSA) is 60.9 Å². The molecule has 0 amide bonds. The van der Waals surface area contributed by atoms with Crippen molar-refractivity contribution in [2.45, 2.75) is 51.6 Å². The highest BCUT2D eigenvalue weighted by molar-refractivity contribution is 5.76. The maximum atomic E-state index is 11.3. The third kappa shape index (κ3) is 5.69. The van der Waals surface area contributed by atoms with Gasteiger partial charge in [0.1, 0.15) is 17.6 Å². The first-order valence-electron chi connectivity index (χ1n) is 11.2. The van der Waals surface area contributed by atoms with Crippen LogP contribution in [0.4, 0.5) is 5.69 Å². The molecule has 6 heteroatoms. The summed E-state index contributed by atoms with van der Waals surface area (Å²) in [7, 11) is 1.65. The zero-order valence-corrected chi connectivity index (χ0v) is 18.7. The van der Waals surface area contributed by atoms with Gasteiger partial charge in [0, 0.05) is 25.5 Å². The first-order chi connectivity index (χ1) is 15.0. The van der Waals surface area contributed by atoms with Crippen LogP contribution < -0.4 is 19.1 Å². The van der Waals surface area contributed by atoms with Gasteiger partial charge in [-0.1, -0.05) is 19.1 Å². The van der Waals surface area contributed by atoms with Gasteiger partial charge >= 0.3 is 0 Å². The number of hydrogen-bond donors (Lipinski definition) is 0. The summed E-state index contributed by atoms with van der Waals surface area (Å²) in [5.74, 6) is 3.24. The van der Waals surface area contributed by atoms with Gasteiger partial charge < -0.3 is 23.9 Å². The number of ketones is 1. The average Bonchev–Trinajstić information content (AvgIpc) is 3.48. The van der Waals surface area contributed by atoms with Gasteiger partial charge in [0.2, 0.25) is 0 Å². The summed E-state index contributed by atoms with van der Waals surface area (Å²) >= 11 is 0. The van der Waals surface area contributed by atoms with Gasteiger partial charge in [-0.3, -0.25) is 0 Å². The monoisotopic (exact) mass is 424 g/mol. The predicted octanol–water partition coefficient (Wildman–Crippen LogP) is 4.62. The Hall–Kier alpha value is -2.76. The number of rotatable bonds is 10. The molecule has 1 aliphatic heterocycles. The molecule has 2 heterocycles. The molecular weight excluding hydrogens is 392 g/mol. The summed E-state index contributed by atoms with van der Waals surface area (Å²) in [5, 5.41) is 0. The van der Waals surface area contributed by atoms with E-state index in [1.54, 1.807) is 14.0 Å². The Labute approximate surface area is 184 Å². The standard InChI is InChI=1S/C25H32N2O4/c1-17(12-18(2)28)20-6-8-22(9-7-20)31-23-10-11-27(15-23)21-13-24(29-3)25(26-14-21)30-16-19-4-5-19/h6-9,13-14,17,19,23H,4-5,10-12,15-16H2,1-3H3/t17-,23-/m1/s1. The van der Waals surface area contributed by atoms with Gasteiger partial charge in [-0.15, -0.1) is 0 Å². The zero-order chi connectivity index (χ0) is 21.8. The molecule has 0 radical (unpaired) electrons. The third-order valence-corrected chi connectivity index (χ3v) is 6.03. The first-order valence-corrected chi connectivity index (χ1v) is 11.2. The molecule has 2 aliphatic rings. The minimum atomic E-state index is 0.122. The molecular formula is C25H32N2O4. The lowest BCUT2D eigenvalue weighted by Crippen LogP contribution is -2.24. The van der Waals surface area contributed by atoms with Crippen molar-refractivity contribution in [3.63, 3.8) is 0 Å². The molecule has 0 spiro atoms. The highest BCUT2D eigenvalue weighted by Crippen LogP contribution is 2.34. The van der Waals surface area contributed by atoms with Crippen LogP contribution >= 0.6 is 0 Å². The van der Waals surface area contributed by atoms with Crippen molar-refractivity contribution in [1.29, 1.82) is 0 Å². The van der Waals surface area contributed by atoms with Gasteiger partial charge in [-0.25, -0.2) is 4.98 Å². The van der Waals surface area contributed by atoms with Crippen LogP contribution in [0.1, 0.15) is 51.0 Å². The molecule has 2 atom stereocenters. The van der Waals surface area contributed by atoms with Gasteiger partial charge in [-0.2, -0.15) is 0 Å². The molecule has 2 fully saturated rings. The second kappa shape index (κ2) is 9.58. The Morgan fingerprint density at radius 2 is 2.00 bits per heavy atom. The minimum absolute atomic E-state index is 0.122. The van der Waals surface area contributed by atoms with E-state index in [0.29, 0.717) is 30.6 Å². The van der Waals surface area contributed by atoms with E-state index in [4.69, 9.17) is 14.2 Å². The second-order valence-corrected chi connectivity index (χ2v) is 8.81. The predicted molar refractivity (Wildman–Crippen MR) is 120 cm³/mol. The van der Waals surface area contributed by atoms with Crippen LogP contribution in [0, 0.1) is 5.92 Å². The van der Waals surface area contributed by atoms with Crippen molar-refractivity contribution in [3.8, 4) is 17.4 Å². The maximum Gasteiger partial charge on any atom is 0.257 e. The van der Waals surface area contributed by atoms with Crippen LogP contribution in [0.2, 0.25) is 0 Å². The molecule has 0 N–H and O–H groups in total. The van der Waals surface area contributed by atoms with E-state index in [1.807, 2.05) is 24.4 Å². The molecule has 1 aromatic carbocycles. The van der Waals surface area contributed by atoms with E-state index in [-0.39, 0.29) is 17.8 Å². The number of aromatic nitrogens is 1. The Kier molecular flexibility index (Phi) is 6.64. The van der Waals surface area contributed by atoms with E-state index in [1.165, 1.54) is 12.8 Å². The highest BCUT2D eigenvalue weighted by Gasteiger charge is 2.26. The van der Waals surface area contributed by atoms with Crippen LogP contribution in [0.25, 0.3) is 0 Å². The number of methoxy groups -OCH3 is 1. The summed E-state index contributed by atoms with van der Waals surface area (Å²) in [4.78, 5) is 18.1. The molecule has 1 saturated heterocycles. The molecule has 0 bridgehead atoms. The smallest absolute Gasteiger partial charge is 0.257 e. The maximum absolute atomic E-state index is 11.3. The number of carbonyl (C=O) groups is 1. The van der Waals surface area contributed by atoms with Crippen molar-refractivity contribution >= 4 is 11.5 Å². The van der Waals surface area contributed by atoms with Gasteiger partial charge in [-0.05, 0) is 49.3 Å². The van der Waals surface area contributed by atoms with Crippen molar-refractivity contribution in [2.24, 2.45) is 5.92 Å². The molecule has 1 aliphatic carbocycles. The van der Waals surface area contributed by atoms with E-state index in [0.717, 1.165) is 36.5 Å². The number of hydrogen-bond acceptors (Lipinski definition) is 6. The molecule has 4 rings (SSSR count). The summed E-state index contributed by atoms with van der Waals surface area (Å²) in [6, 6.07) is 10.1. The van der Waals surface area contributed by atoms with Gasteiger partial charge in [0.25, 0.3) is 5.88 Å². The van der Waals surface area contributed by atoms with Crippen molar-refractivity contribution < 1.29 is 19.0 Å². The van der Waals surface area contributed by atoms with Crippen molar-refractivity contribution in [1.82, 2.24) is 4.98 Å². The molecule has 31 heavy (non-hydrogen) atoms. The lowest BCUT2D eigenvalue weighted by molar-refractivity contribution is -0.117. The number of Topliss-reactive ketones (excluding diaryl/α,β-unsaturated/α-hetero) is 1. The summed E-state index contributed by atoms with van der Waals surface area (Å²) in [6.45, 7) is 6.14. The fourth-order valence-corrected chi connectivity index (χ4v) is 4.01. The lowest BCUT2D eigenvalue weighted by atomic mass is 9.96. The van der Waals surface area contributed by atoms with Crippen LogP contribution in [0.15, 0.2) is 36.5 Å². The number of benzene rings is 1. The lowest BCUT2D eigenvalue weighted by Gasteiger charge is -2.20. The molecule has 166 valence electrons. The molecule has 6 nitrogen and oxygen atoms in total. The average molecular weight is 425 g/mol. The first kappa shape index (κ1) is 21.5. The minimum Gasteiger partial charge on any atom is -0.491 e. The van der Waals surface area contributed by atoms with Crippen LogP contribution in [0.5, 0.6) is 17.4 Å². The fraction of sp³-hybridized carbons (Fsp3) is 0.520. The molecule has 1 aromatic heterocycles. The van der Waals surface area contributed by atoms with Gasteiger partial charge in [0.05, 0.1) is 32.1 Å². The Balaban J connectivity index is 1.33. The number of anilines is 1. The summed E-state index contributed by atoms with van der Waals surface area (Å²) in [5.41, 5.74) is 2.19. The quantitative estimate of drug-likeness (QED) is 0.555. The number of carbonyl (C=O) groups excluding carboxylic acids is 1. The Morgan fingerprint density at radius 3 is 2.68 bits per heavy atom. The third-order valence-electron chi connectivity index (χ3n) is 6.03.